The molecule has 25 heavy (non-hydrogen) atoms. The summed E-state index contributed by atoms with van der Waals surface area (Å²) < 4.78 is 11.7. The normalized spacial score (nSPS) is 11.8. The summed E-state index contributed by atoms with van der Waals surface area (Å²) in [4.78, 5) is 21.8. The van der Waals surface area contributed by atoms with Crippen LogP contribution >= 0.6 is 0 Å². The lowest BCUT2D eigenvalue weighted by atomic mass is 10.0. The first-order chi connectivity index (χ1) is 11.9. The zero-order valence-electron chi connectivity index (χ0n) is 14.0. The van der Waals surface area contributed by atoms with Gasteiger partial charge in [0.25, 0.3) is 0 Å². The molecule has 2 rings (SSSR count). The number of nitrogens with two attached hydrogens (primary N) is 1. The Balaban J connectivity index is 2.18. The maximum absolute atomic E-state index is 11.7. The van der Waals surface area contributed by atoms with E-state index in [0.29, 0.717) is 18.7 Å². The molecular formula is C16H20N4O5. The Bertz CT molecular complexity index is 759. The standard InChI is InChI=1S/C16H20N4O5/c1-3-25-16(21)13(17)9-11-4-5-14(24-2)12(8-11)10-19-7-6-15(18-19)20(22)23/h4-8,13H,3,9-10,17H2,1-2H3. The molecule has 1 atom stereocenters. The number of methoxy groups -OCH3 is 1. The minimum Gasteiger partial charge on any atom is -0.496 e. The number of benzene rings is 1. The van der Waals surface area contributed by atoms with Crippen molar-refractivity contribution in [1.82, 2.24) is 9.78 Å². The molecule has 134 valence electrons. The van der Waals surface area contributed by atoms with Gasteiger partial charge in [0, 0.05) is 5.56 Å². The van der Waals surface area contributed by atoms with Gasteiger partial charge in [-0.1, -0.05) is 12.1 Å². The van der Waals surface area contributed by atoms with E-state index in [1.807, 2.05) is 12.1 Å². The van der Waals surface area contributed by atoms with Gasteiger partial charge in [0.05, 0.1) is 37.6 Å². The Morgan fingerprint density at radius 1 is 1.44 bits per heavy atom. The summed E-state index contributed by atoms with van der Waals surface area (Å²) in [5.41, 5.74) is 7.45. The van der Waals surface area contributed by atoms with Crippen molar-refractivity contribution < 1.29 is 19.2 Å². The van der Waals surface area contributed by atoms with E-state index >= 15 is 0 Å². The molecule has 2 aromatic rings. The third-order valence-corrected chi connectivity index (χ3v) is 3.54. The quantitative estimate of drug-likeness (QED) is 0.433. The lowest BCUT2D eigenvalue weighted by Crippen LogP contribution is -2.34. The summed E-state index contributed by atoms with van der Waals surface area (Å²) in [6.45, 7) is 2.29. The van der Waals surface area contributed by atoms with Crippen LogP contribution < -0.4 is 10.5 Å². The molecule has 9 nitrogen and oxygen atoms in total. The van der Waals surface area contributed by atoms with Gasteiger partial charge >= 0.3 is 11.8 Å². The van der Waals surface area contributed by atoms with Crippen LogP contribution in [0.4, 0.5) is 5.82 Å². The van der Waals surface area contributed by atoms with E-state index in [1.165, 1.54) is 24.1 Å². The van der Waals surface area contributed by atoms with Crippen LogP contribution in [0.25, 0.3) is 0 Å². The van der Waals surface area contributed by atoms with E-state index in [1.54, 1.807) is 13.0 Å². The van der Waals surface area contributed by atoms with Crippen molar-refractivity contribution in [3.8, 4) is 5.75 Å². The monoisotopic (exact) mass is 348 g/mol. The van der Waals surface area contributed by atoms with E-state index < -0.39 is 16.9 Å². The van der Waals surface area contributed by atoms with E-state index in [-0.39, 0.29) is 12.4 Å². The number of aromatic nitrogens is 2. The Morgan fingerprint density at radius 2 is 2.20 bits per heavy atom. The summed E-state index contributed by atoms with van der Waals surface area (Å²) in [6, 6.07) is 5.98. The number of carbonyl (C=O) groups is 1. The first-order valence-electron chi connectivity index (χ1n) is 7.70. The van der Waals surface area contributed by atoms with Crippen LogP contribution in [0.3, 0.4) is 0 Å². The van der Waals surface area contributed by atoms with Gasteiger partial charge in [0.1, 0.15) is 11.8 Å². The van der Waals surface area contributed by atoms with Crippen molar-refractivity contribution in [1.29, 1.82) is 0 Å². The third-order valence-electron chi connectivity index (χ3n) is 3.54. The number of nitrogens with zero attached hydrogens (tertiary/aromatic N) is 3. The van der Waals surface area contributed by atoms with Gasteiger partial charge in [0.2, 0.25) is 0 Å². The third kappa shape index (κ3) is 4.77. The van der Waals surface area contributed by atoms with E-state index in [0.717, 1.165) is 11.1 Å². The first-order valence-corrected chi connectivity index (χ1v) is 7.70. The molecule has 0 spiro atoms. The molecule has 0 saturated heterocycles. The van der Waals surface area contributed by atoms with E-state index in [9.17, 15) is 14.9 Å². The average Bonchev–Trinajstić information content (AvgIpc) is 3.04. The zero-order valence-corrected chi connectivity index (χ0v) is 14.0. The van der Waals surface area contributed by atoms with E-state index in [2.05, 4.69) is 5.10 Å². The summed E-state index contributed by atoms with van der Waals surface area (Å²) in [6.07, 6.45) is 1.84. The minimum atomic E-state index is -0.757. The smallest absolute Gasteiger partial charge is 0.389 e. The molecule has 1 unspecified atom stereocenters. The molecule has 0 aliphatic carbocycles. The second-order valence-corrected chi connectivity index (χ2v) is 5.34. The maximum Gasteiger partial charge on any atom is 0.389 e. The fraction of sp³-hybridized carbons (Fsp3) is 0.375. The molecule has 9 heteroatoms. The van der Waals surface area contributed by atoms with Gasteiger partial charge in [-0.15, -0.1) is 0 Å². The molecule has 1 aromatic heterocycles. The van der Waals surface area contributed by atoms with Gasteiger partial charge < -0.3 is 25.3 Å². The molecule has 0 amide bonds. The largest absolute Gasteiger partial charge is 0.496 e. The number of rotatable bonds is 8. The number of esters is 1. The van der Waals surface area contributed by atoms with Crippen molar-refractivity contribution >= 4 is 11.8 Å². The van der Waals surface area contributed by atoms with Crippen LogP contribution in [0.15, 0.2) is 30.5 Å². The number of hydrogen-bond acceptors (Lipinski definition) is 7. The lowest BCUT2D eigenvalue weighted by molar-refractivity contribution is -0.389. The van der Waals surface area contributed by atoms with E-state index in [4.69, 9.17) is 15.2 Å². The summed E-state index contributed by atoms with van der Waals surface area (Å²) >= 11 is 0. The number of ether oxygens (including phenoxy) is 2. The maximum atomic E-state index is 11.7. The molecule has 1 heterocycles. The average molecular weight is 348 g/mol. The van der Waals surface area contributed by atoms with Crippen molar-refractivity contribution in [3.63, 3.8) is 0 Å². The highest BCUT2D eigenvalue weighted by Gasteiger charge is 2.17. The van der Waals surface area contributed by atoms with Gasteiger partial charge in [0.15, 0.2) is 0 Å². The summed E-state index contributed by atoms with van der Waals surface area (Å²) in [5.74, 6) is -0.0615. The van der Waals surface area contributed by atoms with Gasteiger partial charge in [-0.2, -0.15) is 4.68 Å². The number of carbonyl (C=O) groups excluding carboxylic acids is 1. The van der Waals surface area contributed by atoms with Crippen molar-refractivity contribution in [2.24, 2.45) is 5.73 Å². The van der Waals surface area contributed by atoms with Crippen LogP contribution in [0, 0.1) is 10.1 Å². The Hall–Kier alpha value is -2.94. The van der Waals surface area contributed by atoms with Gasteiger partial charge in [-0.25, -0.2) is 0 Å². The second-order valence-electron chi connectivity index (χ2n) is 5.34. The van der Waals surface area contributed by atoms with Crippen molar-refractivity contribution in [2.75, 3.05) is 13.7 Å². The predicted octanol–water partition coefficient (Wildman–Crippen LogP) is 1.28. The van der Waals surface area contributed by atoms with Crippen LogP contribution in [0.5, 0.6) is 5.75 Å². The molecule has 0 radical (unpaired) electrons. The van der Waals surface area contributed by atoms with Gasteiger partial charge in [-0.3, -0.25) is 4.79 Å². The fourth-order valence-corrected chi connectivity index (χ4v) is 2.38. The van der Waals surface area contributed by atoms with Crippen molar-refractivity contribution in [3.05, 3.63) is 51.7 Å². The molecule has 0 aliphatic heterocycles. The van der Waals surface area contributed by atoms with Crippen LogP contribution in [0.1, 0.15) is 18.1 Å². The molecule has 0 fully saturated rings. The molecule has 0 saturated carbocycles. The summed E-state index contributed by atoms with van der Waals surface area (Å²) in [5, 5.41) is 14.6. The van der Waals surface area contributed by atoms with Crippen LogP contribution in [-0.2, 0) is 22.5 Å². The van der Waals surface area contributed by atoms with Crippen LogP contribution in [0.2, 0.25) is 0 Å². The number of hydrogen-bond donors (Lipinski definition) is 1. The van der Waals surface area contributed by atoms with Gasteiger partial charge in [-0.05, 0) is 29.9 Å². The zero-order chi connectivity index (χ0) is 18.4. The molecular weight excluding hydrogens is 328 g/mol. The fourth-order valence-electron chi connectivity index (χ4n) is 2.38. The topological polar surface area (TPSA) is 123 Å². The Labute approximate surface area is 144 Å². The molecule has 0 bridgehead atoms. The highest BCUT2D eigenvalue weighted by molar-refractivity contribution is 5.75. The predicted molar refractivity (Wildman–Crippen MR) is 89.3 cm³/mol. The first kappa shape index (κ1) is 18.4. The second kappa shape index (κ2) is 8.25. The Morgan fingerprint density at radius 3 is 2.80 bits per heavy atom. The molecule has 2 N–H and O–H groups in total. The minimum absolute atomic E-state index is 0.223. The SMILES string of the molecule is CCOC(=O)C(N)Cc1ccc(OC)c(Cn2ccc([N+](=O)[O-])n2)c1. The summed E-state index contributed by atoms with van der Waals surface area (Å²) in [7, 11) is 1.54. The molecule has 1 aromatic carbocycles. The lowest BCUT2D eigenvalue weighted by Gasteiger charge is -2.13. The Kier molecular flexibility index (Phi) is 6.07. The molecule has 0 aliphatic rings. The number of nitro groups is 1. The van der Waals surface area contributed by atoms with Crippen molar-refractivity contribution in [2.45, 2.75) is 25.9 Å². The van der Waals surface area contributed by atoms with Crippen LogP contribution in [-0.4, -0.2) is 40.4 Å². The highest BCUT2D eigenvalue weighted by Crippen LogP contribution is 2.22. The highest BCUT2D eigenvalue weighted by atomic mass is 16.6.